The number of thiophene rings is 1. The van der Waals surface area contributed by atoms with E-state index in [0.29, 0.717) is 6.54 Å². The van der Waals surface area contributed by atoms with E-state index in [-0.39, 0.29) is 0 Å². The van der Waals surface area contributed by atoms with Crippen LogP contribution < -0.4 is 5.32 Å². The molecular weight excluding hydrogens is 249 g/mol. The Hall–Kier alpha value is -0.0600. The fraction of sp³-hybridized carbons (Fsp3) is 0.167. The minimum atomic E-state index is -0.519. The number of hydrogen-bond donors (Lipinski definition) is 1. The van der Waals surface area contributed by atoms with Crippen molar-refractivity contribution in [2.24, 2.45) is 0 Å². The Morgan fingerprint density at radius 2 is 2.55 bits per heavy atom. The standard InChI is InChI=1S/C6H5BrClNOS/c7-4-1-5(11-3-4)2-9-6(8)10/h1,3H,2H2,(H,9,10). The number of carbonyl (C=O) groups excluding carboxylic acids is 1. The summed E-state index contributed by atoms with van der Waals surface area (Å²) < 4.78 is 1.03. The van der Waals surface area contributed by atoms with Crippen LogP contribution in [0.5, 0.6) is 0 Å². The molecule has 2 nitrogen and oxygen atoms in total. The molecule has 0 aliphatic carbocycles. The summed E-state index contributed by atoms with van der Waals surface area (Å²) >= 11 is 9.95. The third-order valence-electron chi connectivity index (χ3n) is 1.02. The van der Waals surface area contributed by atoms with Crippen molar-refractivity contribution in [3.63, 3.8) is 0 Å². The lowest BCUT2D eigenvalue weighted by Crippen LogP contribution is -2.14. The topological polar surface area (TPSA) is 29.1 Å². The van der Waals surface area contributed by atoms with Gasteiger partial charge in [0.1, 0.15) is 0 Å². The fourth-order valence-electron chi connectivity index (χ4n) is 0.603. The van der Waals surface area contributed by atoms with Crippen LogP contribution in [0.4, 0.5) is 4.79 Å². The minimum absolute atomic E-state index is 0.499. The highest BCUT2D eigenvalue weighted by Crippen LogP contribution is 2.19. The molecule has 0 aliphatic heterocycles. The van der Waals surface area contributed by atoms with Crippen LogP contribution in [0.25, 0.3) is 0 Å². The van der Waals surface area contributed by atoms with Gasteiger partial charge in [-0.1, -0.05) is 0 Å². The lowest BCUT2D eigenvalue weighted by Gasteiger charge is -1.94. The Morgan fingerprint density at radius 1 is 1.82 bits per heavy atom. The molecular formula is C6H5BrClNOS. The van der Waals surface area contributed by atoms with Crippen molar-refractivity contribution >= 4 is 44.2 Å². The number of halogens is 2. The van der Waals surface area contributed by atoms with Gasteiger partial charge in [0.25, 0.3) is 0 Å². The van der Waals surface area contributed by atoms with E-state index in [1.54, 1.807) is 11.3 Å². The summed E-state index contributed by atoms with van der Waals surface area (Å²) in [6, 6.07) is 1.94. The quantitative estimate of drug-likeness (QED) is 0.638. The molecule has 1 heterocycles. The van der Waals surface area contributed by atoms with Gasteiger partial charge < -0.3 is 5.32 Å². The second kappa shape index (κ2) is 4.09. The Bertz CT molecular complexity index is 263. The second-order valence-corrected chi connectivity index (χ2v) is 4.11. The van der Waals surface area contributed by atoms with Gasteiger partial charge in [-0.2, -0.15) is 0 Å². The predicted molar refractivity (Wildman–Crippen MR) is 50.1 cm³/mol. The Kier molecular flexibility index (Phi) is 3.36. The van der Waals surface area contributed by atoms with Crippen LogP contribution in [0, 0.1) is 0 Å². The number of carbonyl (C=O) groups is 1. The molecule has 1 N–H and O–H groups in total. The summed E-state index contributed by atoms with van der Waals surface area (Å²) in [4.78, 5) is 11.3. The van der Waals surface area contributed by atoms with Crippen molar-refractivity contribution in [2.45, 2.75) is 6.54 Å². The van der Waals surface area contributed by atoms with Crippen LogP contribution in [0.3, 0.4) is 0 Å². The van der Waals surface area contributed by atoms with E-state index >= 15 is 0 Å². The van der Waals surface area contributed by atoms with Gasteiger partial charge >= 0.3 is 5.37 Å². The molecule has 5 heteroatoms. The Labute approximate surface area is 81.7 Å². The average Bonchev–Trinajstić information content (AvgIpc) is 2.31. The molecule has 0 radical (unpaired) electrons. The van der Waals surface area contributed by atoms with Gasteiger partial charge in [-0.3, -0.25) is 4.79 Å². The monoisotopic (exact) mass is 253 g/mol. The molecule has 1 aromatic rings. The van der Waals surface area contributed by atoms with E-state index in [2.05, 4.69) is 21.2 Å². The molecule has 1 amide bonds. The summed E-state index contributed by atoms with van der Waals surface area (Å²) in [7, 11) is 0. The Morgan fingerprint density at radius 3 is 3.00 bits per heavy atom. The van der Waals surface area contributed by atoms with Gasteiger partial charge in [0, 0.05) is 14.7 Å². The molecule has 1 rings (SSSR count). The van der Waals surface area contributed by atoms with E-state index in [4.69, 9.17) is 11.6 Å². The van der Waals surface area contributed by atoms with E-state index < -0.39 is 5.37 Å². The maximum absolute atomic E-state index is 10.3. The summed E-state index contributed by atoms with van der Waals surface area (Å²) in [5.74, 6) is 0. The number of amides is 1. The molecule has 11 heavy (non-hydrogen) atoms. The lowest BCUT2D eigenvalue weighted by molar-refractivity contribution is 0.259. The van der Waals surface area contributed by atoms with Crippen LogP contribution in [-0.2, 0) is 6.54 Å². The van der Waals surface area contributed by atoms with Crippen LogP contribution in [-0.4, -0.2) is 5.37 Å². The van der Waals surface area contributed by atoms with Crippen molar-refractivity contribution in [1.82, 2.24) is 5.32 Å². The highest BCUT2D eigenvalue weighted by molar-refractivity contribution is 9.10. The zero-order valence-corrected chi connectivity index (χ0v) is 8.59. The van der Waals surface area contributed by atoms with Crippen LogP contribution in [0.15, 0.2) is 15.9 Å². The lowest BCUT2D eigenvalue weighted by atomic mass is 10.5. The highest BCUT2D eigenvalue weighted by Gasteiger charge is 1.98. The molecule has 0 spiro atoms. The van der Waals surface area contributed by atoms with Gasteiger partial charge in [-0.15, -0.1) is 11.3 Å². The summed E-state index contributed by atoms with van der Waals surface area (Å²) in [5, 5.41) is 3.93. The van der Waals surface area contributed by atoms with Crippen LogP contribution in [0.1, 0.15) is 4.88 Å². The first-order chi connectivity index (χ1) is 5.18. The zero-order valence-electron chi connectivity index (χ0n) is 5.43. The van der Waals surface area contributed by atoms with Gasteiger partial charge in [0.05, 0.1) is 6.54 Å². The maximum atomic E-state index is 10.3. The molecule has 0 aliphatic rings. The smallest absolute Gasteiger partial charge is 0.314 e. The summed E-state index contributed by atoms with van der Waals surface area (Å²) in [5.41, 5.74) is 0. The molecule has 0 saturated heterocycles. The van der Waals surface area contributed by atoms with Crippen molar-refractivity contribution in [1.29, 1.82) is 0 Å². The van der Waals surface area contributed by atoms with E-state index in [9.17, 15) is 4.79 Å². The van der Waals surface area contributed by atoms with Gasteiger partial charge in [0.2, 0.25) is 0 Å². The summed E-state index contributed by atoms with van der Waals surface area (Å²) in [6.45, 7) is 0.499. The third kappa shape index (κ3) is 3.22. The van der Waals surface area contributed by atoms with Crippen molar-refractivity contribution in [3.8, 4) is 0 Å². The van der Waals surface area contributed by atoms with Crippen LogP contribution >= 0.6 is 38.9 Å². The molecule has 0 bridgehead atoms. The normalized spacial score (nSPS) is 9.64. The molecule has 1 aromatic heterocycles. The molecule has 0 saturated carbocycles. The highest BCUT2D eigenvalue weighted by atomic mass is 79.9. The first-order valence-electron chi connectivity index (χ1n) is 2.85. The first kappa shape index (κ1) is 9.03. The number of rotatable bonds is 2. The number of hydrogen-bond acceptors (Lipinski definition) is 2. The maximum Gasteiger partial charge on any atom is 0.314 e. The van der Waals surface area contributed by atoms with Crippen molar-refractivity contribution < 1.29 is 4.79 Å². The first-order valence-corrected chi connectivity index (χ1v) is 4.90. The molecule has 60 valence electrons. The van der Waals surface area contributed by atoms with E-state index in [0.717, 1.165) is 9.35 Å². The molecule has 0 atom stereocenters. The SMILES string of the molecule is O=C(Cl)NCc1cc(Br)cs1. The third-order valence-corrected chi connectivity index (χ3v) is 2.85. The van der Waals surface area contributed by atoms with Crippen LogP contribution in [0.2, 0.25) is 0 Å². The van der Waals surface area contributed by atoms with Gasteiger partial charge in [-0.05, 0) is 33.6 Å². The van der Waals surface area contributed by atoms with E-state index in [1.807, 2.05) is 11.4 Å². The molecule has 0 fully saturated rings. The average molecular weight is 255 g/mol. The summed E-state index contributed by atoms with van der Waals surface area (Å²) in [6.07, 6.45) is 0. The Balaban J connectivity index is 2.45. The van der Waals surface area contributed by atoms with Gasteiger partial charge in [-0.25, -0.2) is 0 Å². The molecule has 0 aromatic carbocycles. The number of nitrogens with one attached hydrogen (secondary N) is 1. The van der Waals surface area contributed by atoms with Crippen molar-refractivity contribution in [3.05, 3.63) is 20.8 Å². The second-order valence-electron chi connectivity index (χ2n) is 1.86. The van der Waals surface area contributed by atoms with E-state index in [1.165, 1.54) is 0 Å². The minimum Gasteiger partial charge on any atom is -0.338 e. The zero-order chi connectivity index (χ0) is 8.27. The largest absolute Gasteiger partial charge is 0.338 e. The fourth-order valence-corrected chi connectivity index (χ4v) is 2.06. The van der Waals surface area contributed by atoms with Crippen molar-refractivity contribution in [2.75, 3.05) is 0 Å². The van der Waals surface area contributed by atoms with Gasteiger partial charge in [0.15, 0.2) is 0 Å². The predicted octanol–water partition coefficient (Wildman–Crippen LogP) is 2.96. The molecule has 0 unspecified atom stereocenters.